The van der Waals surface area contributed by atoms with E-state index in [-0.39, 0.29) is 12.1 Å². The number of fused-ring (bicyclic) bond motifs is 2. The maximum Gasteiger partial charge on any atom is 0.266 e. The molecule has 1 aliphatic rings. The number of aliphatic imine (C=N–C) groups is 1. The molecule has 0 saturated heterocycles. The van der Waals surface area contributed by atoms with Gasteiger partial charge in [-0.25, -0.2) is 9.37 Å². The number of aromatic nitrogens is 1. The summed E-state index contributed by atoms with van der Waals surface area (Å²) >= 11 is 0. The van der Waals surface area contributed by atoms with Gasteiger partial charge in [-0.05, 0) is 30.3 Å². The van der Waals surface area contributed by atoms with E-state index in [9.17, 15) is 9.18 Å². The van der Waals surface area contributed by atoms with Crippen molar-refractivity contribution in [1.82, 2.24) is 4.98 Å². The van der Waals surface area contributed by atoms with Crippen molar-refractivity contribution in [2.75, 3.05) is 4.90 Å². The summed E-state index contributed by atoms with van der Waals surface area (Å²) in [5.74, 6) is -0.477. The average Bonchev–Trinajstić information content (AvgIpc) is 3.14. The van der Waals surface area contributed by atoms with Crippen molar-refractivity contribution in [3.63, 3.8) is 0 Å². The van der Waals surface area contributed by atoms with Crippen molar-refractivity contribution in [3.8, 4) is 0 Å². The number of benzodiazepines with no additional fused rings is 1. The van der Waals surface area contributed by atoms with Crippen LogP contribution in [0.2, 0.25) is 0 Å². The fraction of sp³-hybridized carbons (Fsp3) is 0.0870. The first-order valence-corrected chi connectivity index (χ1v) is 9.45. The summed E-state index contributed by atoms with van der Waals surface area (Å²) in [5.41, 5.74) is 9.25. The second-order valence-electron chi connectivity index (χ2n) is 6.92. The van der Waals surface area contributed by atoms with Crippen LogP contribution in [0.3, 0.4) is 0 Å². The highest BCUT2D eigenvalue weighted by Gasteiger charge is 2.31. The highest BCUT2D eigenvalue weighted by Crippen LogP contribution is 2.30. The lowest BCUT2D eigenvalue weighted by Crippen LogP contribution is -2.42. The highest BCUT2D eigenvalue weighted by atomic mass is 19.1. The van der Waals surface area contributed by atoms with Crippen LogP contribution < -0.4 is 10.6 Å². The lowest BCUT2D eigenvalue weighted by molar-refractivity contribution is -0.119. The molecule has 6 nitrogen and oxygen atoms in total. The summed E-state index contributed by atoms with van der Waals surface area (Å²) < 4.78 is 20.3. The third kappa shape index (κ3) is 3.05. The van der Waals surface area contributed by atoms with Crippen LogP contribution in [0.4, 0.5) is 10.1 Å². The van der Waals surface area contributed by atoms with Crippen molar-refractivity contribution >= 4 is 28.4 Å². The van der Waals surface area contributed by atoms with Crippen LogP contribution in [0.5, 0.6) is 0 Å². The van der Waals surface area contributed by atoms with E-state index in [1.54, 1.807) is 36.4 Å². The average molecular weight is 400 g/mol. The molecule has 1 aliphatic heterocycles. The summed E-state index contributed by atoms with van der Waals surface area (Å²) in [5, 5.41) is 0. The minimum Gasteiger partial charge on any atom is -0.439 e. The Morgan fingerprint density at radius 2 is 1.67 bits per heavy atom. The molecular formula is C23H17FN4O2. The maximum atomic E-state index is 14.5. The molecule has 30 heavy (non-hydrogen) atoms. The van der Waals surface area contributed by atoms with Crippen LogP contribution >= 0.6 is 0 Å². The van der Waals surface area contributed by atoms with Crippen molar-refractivity contribution in [2.24, 2.45) is 10.7 Å². The molecule has 1 amide bonds. The van der Waals surface area contributed by atoms with Gasteiger partial charge in [0.2, 0.25) is 5.89 Å². The minimum absolute atomic E-state index is 0.0816. The van der Waals surface area contributed by atoms with E-state index in [1.165, 1.54) is 11.0 Å². The molecule has 2 heterocycles. The fourth-order valence-corrected chi connectivity index (χ4v) is 3.61. The quantitative estimate of drug-likeness (QED) is 0.569. The van der Waals surface area contributed by atoms with Crippen LogP contribution in [0, 0.1) is 5.82 Å². The lowest BCUT2D eigenvalue weighted by Gasteiger charge is -2.22. The van der Waals surface area contributed by atoms with Crippen LogP contribution in [-0.4, -0.2) is 22.8 Å². The first kappa shape index (κ1) is 18.2. The third-order valence-corrected chi connectivity index (χ3v) is 5.00. The van der Waals surface area contributed by atoms with Crippen molar-refractivity contribution in [2.45, 2.75) is 12.7 Å². The first-order chi connectivity index (χ1) is 14.6. The van der Waals surface area contributed by atoms with Gasteiger partial charge in [-0.1, -0.05) is 42.5 Å². The van der Waals surface area contributed by atoms with Crippen LogP contribution in [0.25, 0.3) is 11.1 Å². The molecule has 0 radical (unpaired) electrons. The maximum absolute atomic E-state index is 14.5. The Morgan fingerprint density at radius 3 is 2.47 bits per heavy atom. The molecule has 3 aromatic carbocycles. The molecule has 0 unspecified atom stereocenters. The van der Waals surface area contributed by atoms with Gasteiger partial charge in [0.15, 0.2) is 11.7 Å². The lowest BCUT2D eigenvalue weighted by atomic mass is 10.00. The SMILES string of the molecule is N[C@H]1N=C(c2ccccc2F)c2ccccc2N(Cc2nc3ccccc3o2)C1=O. The number of nitrogens with two attached hydrogens (primary N) is 1. The normalized spacial score (nSPS) is 16.3. The Hall–Kier alpha value is -3.84. The summed E-state index contributed by atoms with van der Waals surface area (Å²) in [4.78, 5) is 23.4. The zero-order valence-corrected chi connectivity index (χ0v) is 15.8. The van der Waals surface area contributed by atoms with Crippen molar-refractivity contribution in [1.29, 1.82) is 0 Å². The highest BCUT2D eigenvalue weighted by molar-refractivity contribution is 6.20. The molecule has 5 rings (SSSR count). The second kappa shape index (κ2) is 7.20. The molecule has 0 bridgehead atoms. The van der Waals surface area contributed by atoms with Gasteiger partial charge in [-0.3, -0.25) is 14.7 Å². The summed E-state index contributed by atoms with van der Waals surface area (Å²) in [6.45, 7) is 0.0816. The minimum atomic E-state index is -1.18. The molecule has 148 valence electrons. The van der Waals surface area contributed by atoms with E-state index in [2.05, 4.69) is 9.98 Å². The van der Waals surface area contributed by atoms with Crippen molar-refractivity contribution in [3.05, 3.63) is 95.6 Å². The predicted molar refractivity (Wildman–Crippen MR) is 112 cm³/mol. The van der Waals surface area contributed by atoms with Gasteiger partial charge in [0, 0.05) is 11.1 Å². The second-order valence-corrected chi connectivity index (χ2v) is 6.92. The Balaban J connectivity index is 1.62. The zero-order chi connectivity index (χ0) is 20.7. The van der Waals surface area contributed by atoms with Gasteiger partial charge in [-0.15, -0.1) is 0 Å². The van der Waals surface area contributed by atoms with E-state index in [0.29, 0.717) is 34.0 Å². The summed E-state index contributed by atoms with van der Waals surface area (Å²) in [6, 6.07) is 20.9. The number of nitrogens with zero attached hydrogens (tertiary/aromatic N) is 3. The van der Waals surface area contributed by atoms with E-state index in [0.717, 1.165) is 0 Å². The number of anilines is 1. The Labute approximate surface area is 171 Å². The van der Waals surface area contributed by atoms with Gasteiger partial charge < -0.3 is 10.2 Å². The fourth-order valence-electron chi connectivity index (χ4n) is 3.61. The first-order valence-electron chi connectivity index (χ1n) is 9.45. The van der Waals surface area contributed by atoms with Crippen LogP contribution in [0.1, 0.15) is 17.0 Å². The largest absolute Gasteiger partial charge is 0.439 e. The number of para-hydroxylation sites is 3. The molecule has 7 heteroatoms. The van der Waals surface area contributed by atoms with Gasteiger partial charge in [-0.2, -0.15) is 0 Å². The molecule has 1 aromatic heterocycles. The van der Waals surface area contributed by atoms with E-state index in [1.807, 2.05) is 30.3 Å². The number of hydrogen-bond donors (Lipinski definition) is 1. The molecule has 0 fully saturated rings. The predicted octanol–water partition coefficient (Wildman–Crippen LogP) is 3.64. The molecule has 0 aliphatic carbocycles. The molecule has 2 N–H and O–H groups in total. The number of rotatable bonds is 3. The number of carbonyl (C=O) groups excluding carboxylic acids is 1. The number of hydrogen-bond acceptors (Lipinski definition) is 5. The monoisotopic (exact) mass is 400 g/mol. The topological polar surface area (TPSA) is 84.7 Å². The van der Waals surface area contributed by atoms with E-state index < -0.39 is 17.9 Å². The molecule has 0 spiro atoms. The number of carbonyl (C=O) groups is 1. The van der Waals surface area contributed by atoms with Gasteiger partial charge in [0.05, 0.1) is 11.4 Å². The zero-order valence-electron chi connectivity index (χ0n) is 15.8. The standard InChI is InChI=1S/C23H17FN4O2/c24-16-9-3-1-7-14(16)21-15-8-2-5-11-18(15)28(23(29)22(25)27-21)13-20-26-17-10-4-6-12-19(17)30-20/h1-12,22H,13,25H2/t22-/m0/s1. The Kier molecular flexibility index (Phi) is 4.37. The Bertz CT molecular complexity index is 1260. The molecule has 4 aromatic rings. The smallest absolute Gasteiger partial charge is 0.266 e. The number of oxazole rings is 1. The summed E-state index contributed by atoms with van der Waals surface area (Å²) in [7, 11) is 0. The Morgan fingerprint density at radius 1 is 0.967 bits per heavy atom. The number of benzene rings is 3. The van der Waals surface area contributed by atoms with Gasteiger partial charge in [0.1, 0.15) is 17.9 Å². The molecular weight excluding hydrogens is 383 g/mol. The van der Waals surface area contributed by atoms with Crippen LogP contribution in [0.15, 0.2) is 82.2 Å². The van der Waals surface area contributed by atoms with Gasteiger partial charge in [0.25, 0.3) is 5.91 Å². The van der Waals surface area contributed by atoms with E-state index >= 15 is 0 Å². The number of halogens is 1. The van der Waals surface area contributed by atoms with Gasteiger partial charge >= 0.3 is 0 Å². The van der Waals surface area contributed by atoms with E-state index in [4.69, 9.17) is 10.2 Å². The number of amides is 1. The molecule has 0 saturated carbocycles. The molecule has 1 atom stereocenters. The third-order valence-electron chi connectivity index (χ3n) is 5.00. The van der Waals surface area contributed by atoms with Crippen molar-refractivity contribution < 1.29 is 13.6 Å². The summed E-state index contributed by atoms with van der Waals surface area (Å²) in [6.07, 6.45) is -1.18. The van der Waals surface area contributed by atoms with Crippen LogP contribution in [-0.2, 0) is 11.3 Å².